The van der Waals surface area contributed by atoms with Crippen LogP contribution in [0.1, 0.15) is 22.8 Å². The van der Waals surface area contributed by atoms with Gasteiger partial charge in [0.2, 0.25) is 0 Å². The van der Waals surface area contributed by atoms with E-state index in [-0.39, 0.29) is 11.6 Å². The van der Waals surface area contributed by atoms with Gasteiger partial charge in [-0.1, -0.05) is 12.1 Å². The summed E-state index contributed by atoms with van der Waals surface area (Å²) < 4.78 is 13.1. The number of Topliss-reactive ketones (excluding diaryl/α,β-unsaturated/α-hetero) is 1. The number of benzene rings is 1. The summed E-state index contributed by atoms with van der Waals surface area (Å²) in [4.78, 5) is 15.2. The zero-order chi connectivity index (χ0) is 12.4. The Hall–Kier alpha value is -2.03. The standard InChI is InChI=1S/C14H12FNO/c1-9-3-4-11(6-14(9)10(2)17)12-5-13(15)8-16-7-12/h3-8H,1-2H3. The minimum Gasteiger partial charge on any atom is -0.295 e. The number of carbonyl (C=O) groups is 1. The molecule has 2 rings (SSSR count). The van der Waals surface area contributed by atoms with Crippen LogP contribution >= 0.6 is 0 Å². The van der Waals surface area contributed by atoms with Gasteiger partial charge in [-0.25, -0.2) is 4.39 Å². The van der Waals surface area contributed by atoms with Crippen LogP contribution in [0.25, 0.3) is 11.1 Å². The van der Waals surface area contributed by atoms with E-state index in [9.17, 15) is 9.18 Å². The molecule has 1 aromatic carbocycles. The third-order valence-electron chi connectivity index (χ3n) is 2.66. The first-order chi connectivity index (χ1) is 8.08. The van der Waals surface area contributed by atoms with Gasteiger partial charge in [-0.3, -0.25) is 9.78 Å². The van der Waals surface area contributed by atoms with E-state index in [2.05, 4.69) is 4.98 Å². The molecule has 0 bridgehead atoms. The fourth-order valence-corrected chi connectivity index (χ4v) is 1.75. The molecule has 1 aromatic heterocycles. The van der Waals surface area contributed by atoms with Crippen LogP contribution in [0.5, 0.6) is 0 Å². The lowest BCUT2D eigenvalue weighted by molar-refractivity contribution is 0.101. The van der Waals surface area contributed by atoms with Gasteiger partial charge in [0.05, 0.1) is 6.20 Å². The summed E-state index contributed by atoms with van der Waals surface area (Å²) in [5.74, 6) is -0.374. The molecular weight excluding hydrogens is 217 g/mol. The number of nitrogens with zero attached hydrogens (tertiary/aromatic N) is 1. The maximum absolute atomic E-state index is 13.1. The van der Waals surface area contributed by atoms with E-state index >= 15 is 0 Å². The molecule has 0 atom stereocenters. The summed E-state index contributed by atoms with van der Waals surface area (Å²) in [7, 11) is 0. The Bertz CT molecular complexity index is 578. The highest BCUT2D eigenvalue weighted by molar-refractivity contribution is 5.96. The summed E-state index contributed by atoms with van der Waals surface area (Å²) in [6.45, 7) is 3.40. The zero-order valence-corrected chi connectivity index (χ0v) is 9.70. The second-order valence-electron chi connectivity index (χ2n) is 3.98. The van der Waals surface area contributed by atoms with E-state index in [1.807, 2.05) is 19.1 Å². The van der Waals surface area contributed by atoms with Crippen molar-refractivity contribution >= 4 is 5.78 Å². The van der Waals surface area contributed by atoms with Crippen LogP contribution in [0, 0.1) is 12.7 Å². The molecule has 0 saturated heterocycles. The fourth-order valence-electron chi connectivity index (χ4n) is 1.75. The van der Waals surface area contributed by atoms with Crippen LogP contribution < -0.4 is 0 Å². The first-order valence-electron chi connectivity index (χ1n) is 5.30. The van der Waals surface area contributed by atoms with Crippen LogP contribution in [0.4, 0.5) is 4.39 Å². The minimum atomic E-state index is -0.382. The highest BCUT2D eigenvalue weighted by Crippen LogP contribution is 2.22. The molecule has 0 fully saturated rings. The lowest BCUT2D eigenvalue weighted by Crippen LogP contribution is -1.96. The Morgan fingerprint density at radius 2 is 1.94 bits per heavy atom. The van der Waals surface area contributed by atoms with E-state index in [1.165, 1.54) is 13.0 Å². The molecular formula is C14H12FNO. The Kier molecular flexibility index (Phi) is 3.00. The number of ketones is 1. The van der Waals surface area contributed by atoms with Gasteiger partial charge in [0.1, 0.15) is 5.82 Å². The van der Waals surface area contributed by atoms with Gasteiger partial charge in [-0.05, 0) is 37.1 Å². The maximum atomic E-state index is 13.1. The predicted molar refractivity (Wildman–Crippen MR) is 64.4 cm³/mol. The van der Waals surface area contributed by atoms with Crippen molar-refractivity contribution in [3.05, 3.63) is 53.6 Å². The second kappa shape index (κ2) is 4.45. The summed E-state index contributed by atoms with van der Waals surface area (Å²) in [6.07, 6.45) is 2.74. The third-order valence-corrected chi connectivity index (χ3v) is 2.66. The van der Waals surface area contributed by atoms with Gasteiger partial charge in [-0.2, -0.15) is 0 Å². The summed E-state index contributed by atoms with van der Waals surface area (Å²) in [5.41, 5.74) is 3.05. The van der Waals surface area contributed by atoms with Crippen molar-refractivity contribution in [2.75, 3.05) is 0 Å². The van der Waals surface area contributed by atoms with E-state index in [4.69, 9.17) is 0 Å². The highest BCUT2D eigenvalue weighted by atomic mass is 19.1. The van der Waals surface area contributed by atoms with Gasteiger partial charge in [-0.15, -0.1) is 0 Å². The first kappa shape index (κ1) is 11.5. The Morgan fingerprint density at radius 1 is 1.18 bits per heavy atom. The van der Waals surface area contributed by atoms with Crippen molar-refractivity contribution < 1.29 is 9.18 Å². The average molecular weight is 229 g/mol. The molecule has 86 valence electrons. The Morgan fingerprint density at radius 3 is 2.59 bits per heavy atom. The average Bonchev–Trinajstić information content (AvgIpc) is 2.29. The van der Waals surface area contributed by atoms with Crippen molar-refractivity contribution in [2.24, 2.45) is 0 Å². The fraction of sp³-hybridized carbons (Fsp3) is 0.143. The van der Waals surface area contributed by atoms with Gasteiger partial charge in [0.25, 0.3) is 0 Å². The lowest BCUT2D eigenvalue weighted by Gasteiger charge is -2.06. The van der Waals surface area contributed by atoms with Crippen LogP contribution in [-0.2, 0) is 0 Å². The smallest absolute Gasteiger partial charge is 0.160 e. The van der Waals surface area contributed by atoms with Gasteiger partial charge in [0, 0.05) is 17.3 Å². The Balaban J connectivity index is 2.54. The quantitative estimate of drug-likeness (QED) is 0.739. The summed E-state index contributed by atoms with van der Waals surface area (Å²) in [5, 5.41) is 0. The van der Waals surface area contributed by atoms with Gasteiger partial charge in [0.15, 0.2) is 5.78 Å². The highest BCUT2D eigenvalue weighted by Gasteiger charge is 2.07. The van der Waals surface area contributed by atoms with Crippen molar-refractivity contribution in [2.45, 2.75) is 13.8 Å². The molecule has 3 heteroatoms. The van der Waals surface area contributed by atoms with Crippen LogP contribution in [0.2, 0.25) is 0 Å². The molecule has 17 heavy (non-hydrogen) atoms. The lowest BCUT2D eigenvalue weighted by atomic mass is 9.99. The first-order valence-corrected chi connectivity index (χ1v) is 5.30. The number of aryl methyl sites for hydroxylation is 1. The number of rotatable bonds is 2. The number of hydrogen-bond acceptors (Lipinski definition) is 2. The number of aromatic nitrogens is 1. The molecule has 2 nitrogen and oxygen atoms in total. The molecule has 1 heterocycles. The van der Waals surface area contributed by atoms with Crippen LogP contribution in [0.15, 0.2) is 36.7 Å². The van der Waals surface area contributed by atoms with E-state index in [0.29, 0.717) is 11.1 Å². The summed E-state index contributed by atoms with van der Waals surface area (Å²) in [6, 6.07) is 6.89. The van der Waals surface area contributed by atoms with Crippen molar-refractivity contribution in [1.29, 1.82) is 0 Å². The minimum absolute atomic E-state index is 0.00807. The molecule has 0 amide bonds. The summed E-state index contributed by atoms with van der Waals surface area (Å²) >= 11 is 0. The SMILES string of the molecule is CC(=O)c1cc(-c2cncc(F)c2)ccc1C. The number of carbonyl (C=O) groups excluding carboxylic acids is 1. The number of hydrogen-bond donors (Lipinski definition) is 0. The largest absolute Gasteiger partial charge is 0.295 e. The molecule has 0 saturated carbocycles. The van der Waals surface area contributed by atoms with Crippen molar-refractivity contribution in [3.63, 3.8) is 0 Å². The molecule has 0 N–H and O–H groups in total. The van der Waals surface area contributed by atoms with Crippen LogP contribution in [0.3, 0.4) is 0 Å². The van der Waals surface area contributed by atoms with E-state index in [0.717, 1.165) is 17.3 Å². The molecule has 0 unspecified atom stereocenters. The van der Waals surface area contributed by atoms with Crippen LogP contribution in [-0.4, -0.2) is 10.8 Å². The predicted octanol–water partition coefficient (Wildman–Crippen LogP) is 3.40. The van der Waals surface area contributed by atoms with E-state index in [1.54, 1.807) is 12.3 Å². The molecule has 0 radical (unpaired) electrons. The molecule has 0 aliphatic rings. The molecule has 0 aliphatic heterocycles. The molecule has 2 aromatic rings. The van der Waals surface area contributed by atoms with E-state index < -0.39 is 0 Å². The number of pyridine rings is 1. The van der Waals surface area contributed by atoms with Crippen molar-refractivity contribution in [3.8, 4) is 11.1 Å². The molecule has 0 aliphatic carbocycles. The van der Waals surface area contributed by atoms with Gasteiger partial charge >= 0.3 is 0 Å². The number of halogens is 1. The maximum Gasteiger partial charge on any atom is 0.160 e. The van der Waals surface area contributed by atoms with Crippen molar-refractivity contribution in [1.82, 2.24) is 4.98 Å². The normalized spacial score (nSPS) is 10.3. The topological polar surface area (TPSA) is 30.0 Å². The monoisotopic (exact) mass is 229 g/mol. The second-order valence-corrected chi connectivity index (χ2v) is 3.98. The third kappa shape index (κ3) is 2.38. The molecule has 0 spiro atoms. The zero-order valence-electron chi connectivity index (χ0n) is 9.70. The van der Waals surface area contributed by atoms with Gasteiger partial charge < -0.3 is 0 Å². The Labute approximate surface area is 99.1 Å².